The molecule has 0 saturated carbocycles. The molecule has 0 fully saturated rings. The van der Waals surface area contributed by atoms with E-state index in [1.165, 1.54) is 6.07 Å². The fourth-order valence-corrected chi connectivity index (χ4v) is 2.06. The monoisotopic (exact) mass is 365 g/mol. The molecule has 0 N–H and O–H groups in total. The van der Waals surface area contributed by atoms with Crippen LogP contribution in [0.1, 0.15) is 5.56 Å². The molecule has 0 atom stereocenters. The number of ether oxygens (including phenoxy) is 1. The first-order valence-electron chi connectivity index (χ1n) is 4.92. The maximum absolute atomic E-state index is 6.02. The summed E-state index contributed by atoms with van der Waals surface area (Å²) in [6.07, 6.45) is 1.66. The van der Waals surface area contributed by atoms with Crippen LogP contribution in [0.4, 0.5) is 0 Å². The Morgan fingerprint density at radius 3 is 2.39 bits per heavy atom. The first-order chi connectivity index (χ1) is 8.47. The van der Waals surface area contributed by atoms with Crippen molar-refractivity contribution in [3.05, 3.63) is 49.5 Å². The normalized spacial score (nSPS) is 10.5. The van der Waals surface area contributed by atoms with Gasteiger partial charge in [0.1, 0.15) is 5.75 Å². The molecule has 0 unspecified atom stereocenters. The predicted molar refractivity (Wildman–Crippen MR) is 78.2 cm³/mol. The van der Waals surface area contributed by atoms with E-state index in [9.17, 15) is 0 Å². The molecular formula is C12H7BrCl3NO. The summed E-state index contributed by atoms with van der Waals surface area (Å²) in [4.78, 5) is 4.12. The van der Waals surface area contributed by atoms with Crippen molar-refractivity contribution in [2.75, 3.05) is 0 Å². The molecule has 2 aromatic rings. The van der Waals surface area contributed by atoms with E-state index in [1.54, 1.807) is 18.3 Å². The Hall–Kier alpha value is -0.480. The smallest absolute Gasteiger partial charge is 0.219 e. The number of halogens is 4. The Labute approximate surface area is 128 Å². The van der Waals surface area contributed by atoms with Gasteiger partial charge in [0.15, 0.2) is 0 Å². The van der Waals surface area contributed by atoms with E-state index in [0.717, 1.165) is 10.0 Å². The lowest BCUT2D eigenvalue weighted by atomic mass is 10.3. The van der Waals surface area contributed by atoms with Gasteiger partial charge >= 0.3 is 0 Å². The van der Waals surface area contributed by atoms with Crippen molar-refractivity contribution in [3.8, 4) is 11.6 Å². The minimum Gasteiger partial charge on any atom is -0.437 e. The van der Waals surface area contributed by atoms with Crippen LogP contribution in [0.25, 0.3) is 0 Å². The largest absolute Gasteiger partial charge is 0.437 e. The van der Waals surface area contributed by atoms with Gasteiger partial charge in [-0.15, -0.1) is 0 Å². The number of hydrogen-bond donors (Lipinski definition) is 0. The second-order valence-electron chi connectivity index (χ2n) is 3.57. The van der Waals surface area contributed by atoms with Crippen LogP contribution in [0.2, 0.25) is 15.1 Å². The molecule has 0 radical (unpaired) electrons. The summed E-state index contributed by atoms with van der Waals surface area (Å²) < 4.78 is 6.49. The Morgan fingerprint density at radius 1 is 1.06 bits per heavy atom. The minimum absolute atomic E-state index is 0.380. The molecule has 1 heterocycles. The molecule has 0 saturated heterocycles. The number of benzene rings is 1. The van der Waals surface area contributed by atoms with E-state index in [2.05, 4.69) is 20.9 Å². The van der Waals surface area contributed by atoms with Crippen molar-refractivity contribution >= 4 is 50.7 Å². The lowest BCUT2D eigenvalue weighted by molar-refractivity contribution is 0.462. The summed E-state index contributed by atoms with van der Waals surface area (Å²) in [5, 5.41) is 1.14. The fraction of sp³-hybridized carbons (Fsp3) is 0.0833. The maximum atomic E-state index is 6.02. The van der Waals surface area contributed by atoms with Crippen LogP contribution in [0.5, 0.6) is 11.6 Å². The number of pyridine rings is 1. The highest BCUT2D eigenvalue weighted by atomic mass is 79.9. The molecule has 0 amide bonds. The van der Waals surface area contributed by atoms with Crippen molar-refractivity contribution in [2.45, 2.75) is 6.92 Å². The third-order valence-electron chi connectivity index (χ3n) is 2.21. The molecule has 1 aromatic carbocycles. The highest BCUT2D eigenvalue weighted by Gasteiger charge is 2.09. The Balaban J connectivity index is 2.34. The quantitative estimate of drug-likeness (QED) is 0.616. The van der Waals surface area contributed by atoms with E-state index in [4.69, 9.17) is 39.5 Å². The molecule has 0 bridgehead atoms. The molecule has 6 heteroatoms. The Bertz CT molecular complexity index is 604. The molecule has 0 aliphatic rings. The SMILES string of the molecule is Cc1cc(Oc2cc(Cl)c(Cl)cc2Cl)ncc1Br. The van der Waals surface area contributed by atoms with Gasteiger partial charge in [-0.1, -0.05) is 34.8 Å². The molecule has 0 spiro atoms. The summed E-state index contributed by atoms with van der Waals surface area (Å²) in [6.45, 7) is 1.94. The van der Waals surface area contributed by atoms with Crippen molar-refractivity contribution in [1.29, 1.82) is 0 Å². The van der Waals surface area contributed by atoms with E-state index >= 15 is 0 Å². The number of nitrogens with zero attached hydrogens (tertiary/aromatic N) is 1. The predicted octanol–water partition coefficient (Wildman–Crippen LogP) is 5.91. The summed E-state index contributed by atoms with van der Waals surface area (Å²) in [5.41, 5.74) is 1.01. The summed E-state index contributed by atoms with van der Waals surface area (Å²) in [5.74, 6) is 0.858. The molecule has 2 rings (SSSR count). The molecule has 2 nitrogen and oxygen atoms in total. The zero-order valence-corrected chi connectivity index (χ0v) is 13.0. The number of aromatic nitrogens is 1. The van der Waals surface area contributed by atoms with Crippen molar-refractivity contribution in [1.82, 2.24) is 4.98 Å². The van der Waals surface area contributed by atoms with Crippen LogP contribution >= 0.6 is 50.7 Å². The Kier molecular flexibility index (Phi) is 4.38. The van der Waals surface area contributed by atoms with Crippen LogP contribution in [0.3, 0.4) is 0 Å². The van der Waals surface area contributed by atoms with Gasteiger partial charge in [0.05, 0.1) is 15.1 Å². The highest BCUT2D eigenvalue weighted by Crippen LogP contribution is 2.36. The molecule has 94 valence electrons. The Morgan fingerprint density at radius 2 is 1.72 bits per heavy atom. The number of aryl methyl sites for hydroxylation is 1. The topological polar surface area (TPSA) is 22.1 Å². The van der Waals surface area contributed by atoms with Crippen molar-refractivity contribution in [3.63, 3.8) is 0 Å². The molecule has 0 aliphatic heterocycles. The van der Waals surface area contributed by atoms with Crippen LogP contribution < -0.4 is 4.74 Å². The first-order valence-corrected chi connectivity index (χ1v) is 6.84. The number of rotatable bonds is 2. The molecule has 0 aliphatic carbocycles. The van der Waals surface area contributed by atoms with Gasteiger partial charge in [-0.2, -0.15) is 0 Å². The summed E-state index contributed by atoms with van der Waals surface area (Å²) in [6, 6.07) is 4.89. The molecule has 1 aromatic heterocycles. The van der Waals surface area contributed by atoms with Gasteiger partial charge in [0.2, 0.25) is 5.88 Å². The first kappa shape index (κ1) is 13.9. The van der Waals surface area contributed by atoms with E-state index in [-0.39, 0.29) is 0 Å². The molecule has 18 heavy (non-hydrogen) atoms. The van der Waals surface area contributed by atoms with E-state index in [1.807, 2.05) is 6.92 Å². The highest BCUT2D eigenvalue weighted by molar-refractivity contribution is 9.10. The van der Waals surface area contributed by atoms with E-state index in [0.29, 0.717) is 26.7 Å². The van der Waals surface area contributed by atoms with Crippen LogP contribution in [0, 0.1) is 6.92 Å². The molecular weight excluding hydrogens is 360 g/mol. The van der Waals surface area contributed by atoms with Gasteiger partial charge in [0.25, 0.3) is 0 Å². The van der Waals surface area contributed by atoms with E-state index < -0.39 is 0 Å². The number of hydrogen-bond acceptors (Lipinski definition) is 2. The van der Waals surface area contributed by atoms with Crippen molar-refractivity contribution in [2.24, 2.45) is 0 Å². The van der Waals surface area contributed by atoms with Crippen LogP contribution in [-0.4, -0.2) is 4.98 Å². The van der Waals surface area contributed by atoms with Crippen LogP contribution in [0.15, 0.2) is 28.9 Å². The summed E-state index contributed by atoms with van der Waals surface area (Å²) >= 11 is 21.1. The standard InChI is InChI=1S/C12H7BrCl3NO/c1-6-2-12(17-5-7(6)13)18-11-4-9(15)8(14)3-10(11)16/h2-5H,1H3. The zero-order chi connectivity index (χ0) is 13.3. The lowest BCUT2D eigenvalue weighted by Crippen LogP contribution is -1.90. The van der Waals surface area contributed by atoms with Gasteiger partial charge in [0, 0.05) is 22.8 Å². The van der Waals surface area contributed by atoms with Gasteiger partial charge in [-0.05, 0) is 34.5 Å². The van der Waals surface area contributed by atoms with Gasteiger partial charge in [-0.25, -0.2) is 4.98 Å². The maximum Gasteiger partial charge on any atom is 0.219 e. The lowest BCUT2D eigenvalue weighted by Gasteiger charge is -2.09. The van der Waals surface area contributed by atoms with Gasteiger partial charge < -0.3 is 4.74 Å². The minimum atomic E-state index is 0.380. The van der Waals surface area contributed by atoms with Crippen LogP contribution in [-0.2, 0) is 0 Å². The fourth-order valence-electron chi connectivity index (χ4n) is 1.26. The zero-order valence-electron chi connectivity index (χ0n) is 9.18. The third kappa shape index (κ3) is 3.09. The second kappa shape index (κ2) is 5.66. The third-order valence-corrected chi connectivity index (χ3v) is 4.06. The average Bonchev–Trinajstić information content (AvgIpc) is 2.31. The summed E-state index contributed by atoms with van der Waals surface area (Å²) in [7, 11) is 0. The average molecular weight is 367 g/mol. The second-order valence-corrected chi connectivity index (χ2v) is 5.65. The van der Waals surface area contributed by atoms with Gasteiger partial charge in [-0.3, -0.25) is 0 Å². The van der Waals surface area contributed by atoms with Crippen molar-refractivity contribution < 1.29 is 4.74 Å².